The second-order valence-electron chi connectivity index (χ2n) is 6.61. The number of rotatable bonds is 4. The van der Waals surface area contributed by atoms with Gasteiger partial charge in [-0.25, -0.2) is 4.39 Å². The van der Waals surface area contributed by atoms with E-state index >= 15 is 0 Å². The van der Waals surface area contributed by atoms with Crippen LogP contribution in [0.15, 0.2) is 30.3 Å². The quantitative estimate of drug-likeness (QED) is 0.927. The third-order valence-corrected chi connectivity index (χ3v) is 4.91. The van der Waals surface area contributed by atoms with Crippen LogP contribution in [-0.4, -0.2) is 38.8 Å². The summed E-state index contributed by atoms with van der Waals surface area (Å²) in [5.41, 5.74) is 2.19. The number of carbonyl (C=O) groups excluding carboxylic acids is 1. The van der Waals surface area contributed by atoms with E-state index in [1.54, 1.807) is 16.8 Å². The Morgan fingerprint density at radius 1 is 1.32 bits per heavy atom. The monoisotopic (exact) mass is 345 g/mol. The molecule has 1 N–H and O–H groups in total. The van der Waals surface area contributed by atoms with Crippen LogP contribution in [0.3, 0.4) is 0 Å². The number of amides is 1. The summed E-state index contributed by atoms with van der Waals surface area (Å²) < 4.78 is 14.8. The Morgan fingerprint density at radius 3 is 2.56 bits per heavy atom. The highest BCUT2D eigenvalue weighted by molar-refractivity contribution is 5.92. The Morgan fingerprint density at radius 2 is 1.96 bits per heavy atom. The number of benzene rings is 1. The van der Waals surface area contributed by atoms with Gasteiger partial charge in [-0.1, -0.05) is 12.1 Å². The number of carbonyl (C=O) groups is 1. The van der Waals surface area contributed by atoms with E-state index in [-0.39, 0.29) is 17.6 Å². The van der Waals surface area contributed by atoms with Gasteiger partial charge in [0.05, 0.1) is 11.8 Å². The topological polar surface area (TPSA) is 58.4 Å². The minimum Gasteiger partial charge on any atom is -0.388 e. The molecule has 0 aliphatic carbocycles. The van der Waals surface area contributed by atoms with Crippen LogP contribution in [0.5, 0.6) is 0 Å². The molecule has 6 heteroatoms. The first-order chi connectivity index (χ1) is 12.0. The summed E-state index contributed by atoms with van der Waals surface area (Å²) >= 11 is 0. The van der Waals surface area contributed by atoms with Gasteiger partial charge in [-0.15, -0.1) is 0 Å². The maximum atomic E-state index is 13.0. The molecule has 0 spiro atoms. The predicted octanol–water partition coefficient (Wildman–Crippen LogP) is 2.94. The van der Waals surface area contributed by atoms with Gasteiger partial charge >= 0.3 is 0 Å². The van der Waals surface area contributed by atoms with Crippen molar-refractivity contribution in [1.82, 2.24) is 14.7 Å². The Bertz CT molecular complexity index is 734. The molecule has 2 aromatic rings. The molecule has 1 aliphatic heterocycles. The summed E-state index contributed by atoms with van der Waals surface area (Å²) in [6.07, 6.45) is 0.828. The summed E-state index contributed by atoms with van der Waals surface area (Å²) in [6, 6.07) is 7.81. The van der Waals surface area contributed by atoms with Crippen LogP contribution in [0.4, 0.5) is 4.39 Å². The fourth-order valence-corrected chi connectivity index (χ4v) is 3.47. The van der Waals surface area contributed by atoms with Crippen molar-refractivity contribution >= 4 is 5.91 Å². The van der Waals surface area contributed by atoms with Crippen molar-refractivity contribution < 1.29 is 14.3 Å². The van der Waals surface area contributed by atoms with E-state index in [9.17, 15) is 14.3 Å². The van der Waals surface area contributed by atoms with Crippen LogP contribution >= 0.6 is 0 Å². The molecule has 1 aliphatic rings. The Balaban J connectivity index is 1.63. The fourth-order valence-electron chi connectivity index (χ4n) is 3.47. The van der Waals surface area contributed by atoms with Crippen LogP contribution in [-0.2, 0) is 6.54 Å². The molecule has 1 amide bonds. The van der Waals surface area contributed by atoms with Crippen LogP contribution < -0.4 is 0 Å². The average molecular weight is 345 g/mol. The number of hydrogen-bond donors (Lipinski definition) is 1. The van der Waals surface area contributed by atoms with Gasteiger partial charge in [-0.3, -0.25) is 9.48 Å². The Kier molecular flexibility index (Phi) is 5.18. The first-order valence-electron chi connectivity index (χ1n) is 8.77. The van der Waals surface area contributed by atoms with Crippen molar-refractivity contribution in [2.75, 3.05) is 13.1 Å². The zero-order valence-electron chi connectivity index (χ0n) is 14.7. The molecule has 25 heavy (non-hydrogen) atoms. The fraction of sp³-hybridized carbons (Fsp3) is 0.474. The maximum absolute atomic E-state index is 13.0. The van der Waals surface area contributed by atoms with Gasteiger partial charge in [0, 0.05) is 19.6 Å². The normalized spacial score (nSPS) is 16.9. The van der Waals surface area contributed by atoms with Gasteiger partial charge in [-0.2, -0.15) is 5.10 Å². The van der Waals surface area contributed by atoms with Crippen molar-refractivity contribution in [3.8, 4) is 0 Å². The predicted molar refractivity (Wildman–Crippen MR) is 92.6 cm³/mol. The first kappa shape index (κ1) is 17.6. The van der Waals surface area contributed by atoms with E-state index in [1.165, 1.54) is 12.1 Å². The second kappa shape index (κ2) is 7.35. The molecule has 1 saturated heterocycles. The molecule has 0 saturated carbocycles. The molecule has 1 aromatic heterocycles. The lowest BCUT2D eigenvalue weighted by Crippen LogP contribution is -2.40. The highest BCUT2D eigenvalue weighted by Gasteiger charge is 2.29. The van der Waals surface area contributed by atoms with Crippen molar-refractivity contribution in [3.05, 3.63) is 53.1 Å². The van der Waals surface area contributed by atoms with Crippen molar-refractivity contribution in [1.29, 1.82) is 0 Å². The number of aliphatic hydroxyl groups excluding tert-OH is 1. The number of aliphatic hydroxyl groups is 1. The van der Waals surface area contributed by atoms with E-state index in [0.29, 0.717) is 25.3 Å². The van der Waals surface area contributed by atoms with E-state index in [2.05, 4.69) is 5.10 Å². The zero-order valence-corrected chi connectivity index (χ0v) is 14.7. The average Bonchev–Trinajstić information content (AvgIpc) is 3.02. The third-order valence-electron chi connectivity index (χ3n) is 4.91. The number of nitrogens with zero attached hydrogens (tertiary/aromatic N) is 3. The number of halogens is 1. The van der Waals surface area contributed by atoms with Gasteiger partial charge in [-0.05, 0) is 56.4 Å². The standard InChI is InChI=1S/C19H24FN3O2/c1-3-23-17(12-13(2)21-23)19(25)22-10-8-15(9-11-22)18(24)14-4-6-16(20)7-5-14/h4-7,12,15,18,24H,3,8-11H2,1-2H3. The Hall–Kier alpha value is -2.21. The number of hydrogen-bond acceptors (Lipinski definition) is 3. The molecular weight excluding hydrogens is 321 g/mol. The molecule has 1 fully saturated rings. The van der Waals surface area contributed by atoms with Crippen LogP contribution in [0.2, 0.25) is 0 Å². The first-order valence-corrected chi connectivity index (χ1v) is 8.77. The summed E-state index contributed by atoms with van der Waals surface area (Å²) in [4.78, 5) is 14.6. The van der Waals surface area contributed by atoms with Gasteiger partial charge in [0.15, 0.2) is 0 Å². The lowest BCUT2D eigenvalue weighted by atomic mass is 9.87. The summed E-state index contributed by atoms with van der Waals surface area (Å²) in [5.74, 6) is -0.233. The largest absolute Gasteiger partial charge is 0.388 e. The molecule has 1 unspecified atom stereocenters. The minimum absolute atomic E-state index is 0.00262. The molecule has 134 valence electrons. The van der Waals surface area contributed by atoms with Gasteiger partial charge in [0.1, 0.15) is 11.5 Å². The van der Waals surface area contributed by atoms with E-state index < -0.39 is 6.10 Å². The highest BCUT2D eigenvalue weighted by atomic mass is 19.1. The SMILES string of the molecule is CCn1nc(C)cc1C(=O)N1CCC(C(O)c2ccc(F)cc2)CC1. The Labute approximate surface area is 147 Å². The number of aryl methyl sites for hydroxylation is 2. The number of aromatic nitrogens is 2. The smallest absolute Gasteiger partial charge is 0.272 e. The summed E-state index contributed by atoms with van der Waals surface area (Å²) in [6.45, 7) is 5.72. The summed E-state index contributed by atoms with van der Waals surface area (Å²) in [5, 5.41) is 14.9. The van der Waals surface area contributed by atoms with Crippen LogP contribution in [0, 0.1) is 18.7 Å². The second-order valence-corrected chi connectivity index (χ2v) is 6.61. The minimum atomic E-state index is -0.624. The van der Waals surface area contributed by atoms with Crippen LogP contribution in [0.25, 0.3) is 0 Å². The molecular formula is C19H24FN3O2. The van der Waals surface area contributed by atoms with E-state index in [0.717, 1.165) is 24.1 Å². The lowest BCUT2D eigenvalue weighted by molar-refractivity contribution is 0.0454. The molecule has 5 nitrogen and oxygen atoms in total. The summed E-state index contributed by atoms with van der Waals surface area (Å²) in [7, 11) is 0. The molecule has 1 atom stereocenters. The molecule has 2 heterocycles. The lowest BCUT2D eigenvalue weighted by Gasteiger charge is -2.34. The van der Waals surface area contributed by atoms with E-state index in [4.69, 9.17) is 0 Å². The van der Waals surface area contributed by atoms with Gasteiger partial charge in [0.25, 0.3) is 5.91 Å². The molecule has 3 rings (SSSR count). The van der Waals surface area contributed by atoms with Crippen molar-refractivity contribution in [2.24, 2.45) is 5.92 Å². The third kappa shape index (κ3) is 3.74. The molecule has 1 aromatic carbocycles. The van der Waals surface area contributed by atoms with Crippen LogP contribution in [0.1, 0.15) is 47.6 Å². The number of piperidine rings is 1. The molecule has 0 radical (unpaired) electrons. The van der Waals surface area contributed by atoms with Crippen molar-refractivity contribution in [3.63, 3.8) is 0 Å². The molecule has 0 bridgehead atoms. The maximum Gasteiger partial charge on any atom is 0.272 e. The highest BCUT2D eigenvalue weighted by Crippen LogP contribution is 2.31. The van der Waals surface area contributed by atoms with Crippen molar-refractivity contribution in [2.45, 2.75) is 39.3 Å². The van der Waals surface area contributed by atoms with Gasteiger partial charge in [0.2, 0.25) is 0 Å². The van der Waals surface area contributed by atoms with E-state index in [1.807, 2.05) is 24.8 Å². The number of likely N-dealkylation sites (tertiary alicyclic amines) is 1. The zero-order chi connectivity index (χ0) is 18.0. The van der Waals surface area contributed by atoms with Gasteiger partial charge < -0.3 is 10.0 Å².